The number of aryl methyl sites for hydroxylation is 1. The molecule has 1 aromatic heterocycles. The number of hydrogen-bond donors (Lipinski definition) is 0. The molecule has 18 heavy (non-hydrogen) atoms. The van der Waals surface area contributed by atoms with Crippen LogP contribution in [0.5, 0.6) is 0 Å². The van der Waals surface area contributed by atoms with E-state index in [-0.39, 0.29) is 0 Å². The quantitative estimate of drug-likeness (QED) is 0.714. The van der Waals surface area contributed by atoms with Gasteiger partial charge in [-0.3, -0.25) is 4.90 Å². The monoisotopic (exact) mass is 256 g/mol. The molecule has 0 N–H and O–H groups in total. The Balaban J connectivity index is 2.01. The third-order valence-electron chi connectivity index (χ3n) is 3.95. The topological polar surface area (TPSA) is 8.17 Å². The number of hydrogen-bond acceptors (Lipinski definition) is 2. The van der Waals surface area contributed by atoms with Crippen LogP contribution in [0.4, 0.5) is 0 Å². The minimum atomic E-state index is 0.533. The number of rotatable bonds is 0. The van der Waals surface area contributed by atoms with Gasteiger partial charge < -0.3 is 4.57 Å². The fourth-order valence-corrected chi connectivity index (χ4v) is 4.41. The number of para-hydroxylation sites is 1. The van der Waals surface area contributed by atoms with E-state index in [4.69, 9.17) is 0 Å². The first-order chi connectivity index (χ1) is 8.84. The van der Waals surface area contributed by atoms with Crippen molar-refractivity contribution in [1.82, 2.24) is 9.47 Å². The molecule has 2 aromatic rings. The van der Waals surface area contributed by atoms with Crippen molar-refractivity contribution in [3.05, 3.63) is 53.3 Å². The lowest BCUT2D eigenvalue weighted by atomic mass is 10.1. The lowest BCUT2D eigenvalue weighted by molar-refractivity contribution is 0.283. The average molecular weight is 256 g/mol. The molecule has 4 rings (SSSR count). The maximum absolute atomic E-state index is 2.60. The van der Waals surface area contributed by atoms with Crippen LogP contribution in [-0.2, 0) is 6.54 Å². The molecule has 0 radical (unpaired) electrons. The van der Waals surface area contributed by atoms with Gasteiger partial charge in [-0.2, -0.15) is 0 Å². The van der Waals surface area contributed by atoms with Crippen molar-refractivity contribution in [2.24, 2.45) is 0 Å². The van der Waals surface area contributed by atoms with Crippen molar-refractivity contribution < 1.29 is 0 Å². The highest BCUT2D eigenvalue weighted by Crippen LogP contribution is 2.43. The van der Waals surface area contributed by atoms with Crippen LogP contribution in [-0.4, -0.2) is 21.8 Å². The normalized spacial score (nSPS) is 22.2. The van der Waals surface area contributed by atoms with Crippen molar-refractivity contribution in [3.8, 4) is 5.69 Å². The van der Waals surface area contributed by atoms with Crippen LogP contribution in [0.3, 0.4) is 0 Å². The Bertz CT molecular complexity index is 602. The molecule has 0 saturated carbocycles. The van der Waals surface area contributed by atoms with Crippen LogP contribution in [0.2, 0.25) is 0 Å². The highest BCUT2D eigenvalue weighted by molar-refractivity contribution is 7.99. The molecular weight excluding hydrogens is 240 g/mol. The Morgan fingerprint density at radius 2 is 2.06 bits per heavy atom. The highest BCUT2D eigenvalue weighted by Gasteiger charge is 2.32. The number of fused-ring (bicyclic) bond motifs is 5. The summed E-state index contributed by atoms with van der Waals surface area (Å²) < 4.78 is 2.44. The summed E-state index contributed by atoms with van der Waals surface area (Å²) in [5.41, 5.74) is 5.60. The van der Waals surface area contributed by atoms with Crippen LogP contribution in [0.25, 0.3) is 5.69 Å². The molecule has 2 aliphatic rings. The van der Waals surface area contributed by atoms with Crippen LogP contribution in [0.15, 0.2) is 36.4 Å². The Hall–Kier alpha value is -1.19. The van der Waals surface area contributed by atoms with E-state index in [9.17, 15) is 0 Å². The smallest absolute Gasteiger partial charge is 0.0974 e. The van der Waals surface area contributed by atoms with Gasteiger partial charge in [0, 0.05) is 24.5 Å². The second kappa shape index (κ2) is 3.90. The molecule has 1 aromatic carbocycles. The molecular formula is C15H16N2S. The summed E-state index contributed by atoms with van der Waals surface area (Å²) >= 11 is 2.07. The van der Waals surface area contributed by atoms with Gasteiger partial charge in [-0.1, -0.05) is 18.2 Å². The molecule has 0 spiro atoms. The van der Waals surface area contributed by atoms with Crippen molar-refractivity contribution in [1.29, 1.82) is 0 Å². The van der Waals surface area contributed by atoms with E-state index in [0.29, 0.717) is 5.37 Å². The maximum atomic E-state index is 2.60. The van der Waals surface area contributed by atoms with Crippen LogP contribution in [0, 0.1) is 6.92 Å². The van der Waals surface area contributed by atoms with Crippen molar-refractivity contribution in [3.63, 3.8) is 0 Å². The fourth-order valence-electron chi connectivity index (χ4n) is 3.10. The molecule has 0 aliphatic carbocycles. The summed E-state index contributed by atoms with van der Waals surface area (Å²) in [5.74, 6) is 1.25. The summed E-state index contributed by atoms with van der Waals surface area (Å²) in [6, 6.07) is 13.4. The Labute approximate surface area is 112 Å². The zero-order valence-corrected chi connectivity index (χ0v) is 11.3. The van der Waals surface area contributed by atoms with Gasteiger partial charge in [-0.05, 0) is 30.7 Å². The number of aromatic nitrogens is 1. The first-order valence-electron chi connectivity index (χ1n) is 6.47. The molecule has 1 fully saturated rings. The van der Waals surface area contributed by atoms with Gasteiger partial charge in [0.25, 0.3) is 0 Å². The third-order valence-corrected chi connectivity index (χ3v) is 5.22. The van der Waals surface area contributed by atoms with Crippen LogP contribution in [0.1, 0.15) is 22.3 Å². The predicted molar refractivity (Wildman–Crippen MR) is 76.1 cm³/mol. The van der Waals surface area contributed by atoms with E-state index in [1.165, 1.54) is 34.9 Å². The van der Waals surface area contributed by atoms with Gasteiger partial charge in [-0.15, -0.1) is 11.8 Å². The number of thioether (sulfide) groups is 1. The van der Waals surface area contributed by atoms with Gasteiger partial charge in [-0.25, -0.2) is 0 Å². The first kappa shape index (κ1) is 10.7. The van der Waals surface area contributed by atoms with E-state index in [1.807, 2.05) is 0 Å². The van der Waals surface area contributed by atoms with Gasteiger partial charge in [0.05, 0.1) is 16.8 Å². The molecule has 2 nitrogen and oxygen atoms in total. The minimum Gasteiger partial charge on any atom is -0.315 e. The molecule has 1 saturated heterocycles. The first-order valence-corrected chi connectivity index (χ1v) is 7.51. The summed E-state index contributed by atoms with van der Waals surface area (Å²) in [6.07, 6.45) is 0. The fraction of sp³-hybridized carbons (Fsp3) is 0.333. The van der Waals surface area contributed by atoms with Gasteiger partial charge >= 0.3 is 0 Å². The van der Waals surface area contributed by atoms with Crippen LogP contribution >= 0.6 is 11.8 Å². The zero-order valence-electron chi connectivity index (χ0n) is 10.5. The van der Waals surface area contributed by atoms with E-state index < -0.39 is 0 Å². The number of benzene rings is 1. The molecule has 1 atom stereocenters. The third kappa shape index (κ3) is 1.41. The van der Waals surface area contributed by atoms with Crippen LogP contribution < -0.4 is 0 Å². The average Bonchev–Trinajstić information content (AvgIpc) is 2.94. The SMILES string of the molecule is Cc1ccc2n1-c1ccccc1CN1CCSC21. The summed E-state index contributed by atoms with van der Waals surface area (Å²) in [7, 11) is 0. The summed E-state index contributed by atoms with van der Waals surface area (Å²) in [6.45, 7) is 4.48. The second-order valence-electron chi connectivity index (χ2n) is 5.06. The van der Waals surface area contributed by atoms with Crippen molar-refractivity contribution in [2.45, 2.75) is 18.8 Å². The molecule has 3 heteroatoms. The highest BCUT2D eigenvalue weighted by atomic mass is 32.2. The molecule has 0 bridgehead atoms. The van der Waals surface area contributed by atoms with Gasteiger partial charge in [0.2, 0.25) is 0 Å². The maximum Gasteiger partial charge on any atom is 0.0974 e. The summed E-state index contributed by atoms with van der Waals surface area (Å²) in [5, 5.41) is 0.533. The number of nitrogens with zero attached hydrogens (tertiary/aromatic N) is 2. The minimum absolute atomic E-state index is 0.533. The Morgan fingerprint density at radius 3 is 3.00 bits per heavy atom. The second-order valence-corrected chi connectivity index (χ2v) is 6.25. The lowest BCUT2D eigenvalue weighted by Crippen LogP contribution is -2.21. The van der Waals surface area contributed by atoms with E-state index in [1.54, 1.807) is 0 Å². The van der Waals surface area contributed by atoms with Crippen molar-refractivity contribution in [2.75, 3.05) is 12.3 Å². The zero-order chi connectivity index (χ0) is 12.1. The molecule has 3 heterocycles. The van der Waals surface area contributed by atoms with E-state index >= 15 is 0 Å². The lowest BCUT2D eigenvalue weighted by Gasteiger charge is -2.20. The van der Waals surface area contributed by atoms with Gasteiger partial charge in [0.15, 0.2) is 0 Å². The van der Waals surface area contributed by atoms with E-state index in [0.717, 1.165) is 6.54 Å². The van der Waals surface area contributed by atoms with Crippen molar-refractivity contribution >= 4 is 11.8 Å². The van der Waals surface area contributed by atoms with E-state index in [2.05, 4.69) is 64.6 Å². The molecule has 0 amide bonds. The Morgan fingerprint density at radius 1 is 1.17 bits per heavy atom. The predicted octanol–water partition coefficient (Wildman–Crippen LogP) is 3.35. The largest absolute Gasteiger partial charge is 0.315 e. The molecule has 2 aliphatic heterocycles. The summed E-state index contributed by atoms with van der Waals surface area (Å²) in [4.78, 5) is 2.60. The molecule has 1 unspecified atom stereocenters. The standard InChI is InChI=1S/C15H16N2S/c1-11-6-7-14-15-16(8-9-18-15)10-12-4-2-3-5-13(12)17(11)14/h2-7,15H,8-10H2,1H3. The Kier molecular flexibility index (Phi) is 2.32. The molecule has 92 valence electrons. The van der Waals surface area contributed by atoms with Gasteiger partial charge in [0.1, 0.15) is 0 Å².